The van der Waals surface area contributed by atoms with E-state index in [9.17, 15) is 0 Å². The van der Waals surface area contributed by atoms with Crippen LogP contribution in [0.5, 0.6) is 0 Å². The maximum atomic E-state index is 2.20. The van der Waals surface area contributed by atoms with Gasteiger partial charge in [-0.3, -0.25) is 0 Å². The Labute approximate surface area is 134 Å². The van der Waals surface area contributed by atoms with Crippen LogP contribution in [-0.2, 0) is 25.8 Å². The second-order valence-electron chi connectivity index (χ2n) is 4.75. The maximum absolute atomic E-state index is 2.20. The van der Waals surface area contributed by atoms with Gasteiger partial charge in [-0.15, -0.1) is 0 Å². The Morgan fingerprint density at radius 1 is 0.579 bits per heavy atom. The third-order valence-corrected chi connectivity index (χ3v) is 2.71. The van der Waals surface area contributed by atoms with Crippen molar-refractivity contribution in [3.63, 3.8) is 0 Å². The zero-order valence-electron chi connectivity index (χ0n) is 12.0. The van der Waals surface area contributed by atoms with Crippen LogP contribution < -0.4 is 9.41 Å². The molecule has 0 radical (unpaired) electrons. The quantitative estimate of drug-likeness (QED) is 0.426. The summed E-state index contributed by atoms with van der Waals surface area (Å²) in [6.45, 7) is 8.81. The van der Waals surface area contributed by atoms with E-state index in [4.69, 9.17) is 0 Å². The van der Waals surface area contributed by atoms with Crippen molar-refractivity contribution in [2.24, 2.45) is 0 Å². The van der Waals surface area contributed by atoms with Crippen LogP contribution in [0.25, 0.3) is 0 Å². The summed E-state index contributed by atoms with van der Waals surface area (Å²) in [6.07, 6.45) is 0. The van der Waals surface area contributed by atoms with Gasteiger partial charge in [-0.2, -0.15) is 35.4 Å². The van der Waals surface area contributed by atoms with Gasteiger partial charge in [0.1, 0.15) is 0 Å². The third kappa shape index (κ3) is 9.04. The molecule has 0 amide bonds. The Hall–Kier alpha value is -0.570. The Morgan fingerprint density at radius 3 is 0.895 bits per heavy atom. The van der Waals surface area contributed by atoms with Crippen molar-refractivity contribution in [3.8, 4) is 0 Å². The van der Waals surface area contributed by atoms with E-state index in [1.807, 2.05) is 0 Å². The molecule has 104 valence electrons. The molecule has 0 spiro atoms. The third-order valence-electron chi connectivity index (χ3n) is 2.71. The summed E-state index contributed by atoms with van der Waals surface area (Å²) in [5.41, 5.74) is 2.87. The van der Waals surface area contributed by atoms with Crippen molar-refractivity contribution in [1.29, 1.82) is 0 Å². The molecule has 0 unspecified atom stereocenters. The molecular weight excluding hydrogens is 409 g/mol. The molecule has 3 heteroatoms. The largest absolute Gasteiger partial charge is 4.00 e. The monoisotopic (exact) mass is 432 g/mol. The molecule has 0 aliphatic heterocycles. The minimum absolute atomic E-state index is 0. The second kappa shape index (κ2) is 12.5. The van der Waals surface area contributed by atoms with Crippen molar-refractivity contribution in [1.82, 2.24) is 0 Å². The van der Waals surface area contributed by atoms with Gasteiger partial charge in [0.15, 0.2) is 0 Å². The van der Waals surface area contributed by atoms with Crippen LogP contribution in [0.2, 0.25) is 0 Å². The average molecular weight is 431 g/mol. The van der Waals surface area contributed by atoms with Crippen LogP contribution in [0.3, 0.4) is 0 Å². The molecule has 0 aromatic heterocycles. The molecule has 0 saturated carbocycles. The predicted molar refractivity (Wildman–Crippen MR) is 72.2 cm³/mol. The molecule has 0 heterocycles. The van der Waals surface area contributed by atoms with Gasteiger partial charge in [0.25, 0.3) is 0 Å². The second-order valence-corrected chi connectivity index (χ2v) is 4.75. The molecule has 2 aromatic carbocycles. The fraction of sp³-hybridized carbons (Fsp3) is 0.375. The molecule has 2 rings (SSSR count). The van der Waals surface area contributed by atoms with Gasteiger partial charge in [-0.1, -0.05) is 39.5 Å². The van der Waals surface area contributed by atoms with Crippen molar-refractivity contribution in [3.05, 3.63) is 59.7 Å². The summed E-state index contributed by atoms with van der Waals surface area (Å²) in [5, 5.41) is 0. The van der Waals surface area contributed by atoms with E-state index in [2.05, 4.69) is 76.2 Å². The molecule has 0 bridgehead atoms. The van der Waals surface area contributed by atoms with Crippen molar-refractivity contribution < 1.29 is 35.3 Å². The van der Waals surface area contributed by atoms with Crippen molar-refractivity contribution >= 4 is 0 Å². The van der Waals surface area contributed by atoms with E-state index in [1.54, 1.807) is 0 Å². The number of hydrogen-bond donors (Lipinski definition) is 0. The number of hydrogen-bond acceptors (Lipinski definition) is 0. The Bertz CT molecular complexity index is 323. The Kier molecular flexibility index (Phi) is 15.4. The molecule has 0 saturated heterocycles. The summed E-state index contributed by atoms with van der Waals surface area (Å²) in [7, 11) is 0. The first kappa shape index (κ1) is 23.5. The molecule has 0 atom stereocenters. The summed E-state index contributed by atoms with van der Waals surface area (Å²) in [6, 6.07) is 16.9. The van der Waals surface area contributed by atoms with Gasteiger partial charge in [0.2, 0.25) is 0 Å². The molecule has 0 aliphatic carbocycles. The molecule has 2 aromatic rings. The first-order valence-electron chi connectivity index (χ1n) is 6.04. The molecule has 0 fully saturated rings. The Balaban J connectivity index is -0.000000233. The zero-order valence-corrected chi connectivity index (χ0v) is 15.6. The van der Waals surface area contributed by atoms with Crippen LogP contribution in [0.4, 0.5) is 0 Å². The minimum atomic E-state index is 0. The Morgan fingerprint density at radius 2 is 0.789 bits per heavy atom. The normalized spacial score (nSPS) is 8.74. The van der Waals surface area contributed by atoms with Gasteiger partial charge < -0.3 is 9.41 Å². The first-order valence-corrected chi connectivity index (χ1v) is 6.04. The smallest absolute Gasteiger partial charge is 1.00 e. The average Bonchev–Trinajstić information content (AvgIpc) is 2.93. The maximum Gasteiger partial charge on any atom is 4.00 e. The number of halogens is 2. The number of rotatable bonds is 2. The summed E-state index contributed by atoms with van der Waals surface area (Å²) in [4.78, 5) is 0. The van der Waals surface area contributed by atoms with E-state index in [-0.39, 0.29) is 35.3 Å². The van der Waals surface area contributed by atoms with Crippen LogP contribution in [-0.4, -0.2) is 0 Å². The van der Waals surface area contributed by atoms with Gasteiger partial charge in [0.05, 0.1) is 0 Å². The van der Waals surface area contributed by atoms with Gasteiger partial charge >= 0.3 is 25.8 Å². The molecule has 0 nitrogen and oxygen atoms in total. The summed E-state index contributed by atoms with van der Waals surface area (Å²) < 4.78 is 0. The minimum Gasteiger partial charge on any atom is -1.00 e. The zero-order chi connectivity index (χ0) is 12.0. The molecular formula is C16H22F2Hf. The van der Waals surface area contributed by atoms with Gasteiger partial charge in [-0.05, 0) is 0 Å². The SMILES string of the molecule is CC(C)[c-]1cccc1.CC(C)[c-]1cccc1.[F-].[F-].[Hf+4]. The van der Waals surface area contributed by atoms with E-state index in [0.29, 0.717) is 11.8 Å². The molecule has 0 aliphatic rings. The van der Waals surface area contributed by atoms with E-state index in [1.165, 1.54) is 11.1 Å². The van der Waals surface area contributed by atoms with Crippen LogP contribution in [0.15, 0.2) is 48.5 Å². The predicted octanol–water partition coefficient (Wildman–Crippen LogP) is -0.937. The van der Waals surface area contributed by atoms with Crippen LogP contribution in [0, 0.1) is 0 Å². The summed E-state index contributed by atoms with van der Waals surface area (Å²) in [5.74, 6) is 1.37. The fourth-order valence-electron chi connectivity index (χ4n) is 1.55. The molecule has 19 heavy (non-hydrogen) atoms. The molecule has 0 N–H and O–H groups in total. The van der Waals surface area contributed by atoms with Crippen molar-refractivity contribution in [2.75, 3.05) is 0 Å². The van der Waals surface area contributed by atoms with Crippen LogP contribution >= 0.6 is 0 Å². The topological polar surface area (TPSA) is 0 Å². The van der Waals surface area contributed by atoms with Gasteiger partial charge in [0, 0.05) is 0 Å². The fourth-order valence-corrected chi connectivity index (χ4v) is 1.55. The van der Waals surface area contributed by atoms with E-state index >= 15 is 0 Å². The van der Waals surface area contributed by atoms with Crippen molar-refractivity contribution in [2.45, 2.75) is 39.5 Å². The first-order chi connectivity index (χ1) is 7.61. The van der Waals surface area contributed by atoms with E-state index in [0.717, 1.165) is 0 Å². The standard InChI is InChI=1S/2C8H11.2FH.Hf/c2*1-7(2)8-5-3-4-6-8;;;/h2*3-7H,1-2H3;2*1H;/q2*-1;;;+4/p-2. The van der Waals surface area contributed by atoms with E-state index < -0.39 is 0 Å². The summed E-state index contributed by atoms with van der Waals surface area (Å²) >= 11 is 0. The van der Waals surface area contributed by atoms with Crippen LogP contribution in [0.1, 0.15) is 50.7 Å². The van der Waals surface area contributed by atoms with Gasteiger partial charge in [-0.25, -0.2) is 24.3 Å².